The number of aromatic nitrogens is 2. The van der Waals surface area contributed by atoms with Crippen molar-refractivity contribution in [3.05, 3.63) is 30.1 Å². The zero-order valence-corrected chi connectivity index (χ0v) is 12.3. The fourth-order valence-electron chi connectivity index (χ4n) is 2.32. The Kier molecular flexibility index (Phi) is 4.06. The standard InChI is InChI=1S/C16H14N4O3/c21-9-3-1-2-4-12-5-7-19-13(10-12)17-11-15(19)20-8-6-14(22)18-16(20)23/h5,7,9-11H,1,3,6,8H2,(H,18,22,23). The molecule has 7 nitrogen and oxygen atoms in total. The molecule has 0 saturated carbocycles. The maximum absolute atomic E-state index is 11.9. The first-order chi connectivity index (χ1) is 11.2. The van der Waals surface area contributed by atoms with Crippen LogP contribution in [-0.2, 0) is 9.59 Å². The van der Waals surface area contributed by atoms with E-state index in [1.54, 1.807) is 16.8 Å². The molecule has 7 heteroatoms. The van der Waals surface area contributed by atoms with E-state index in [2.05, 4.69) is 22.1 Å². The van der Waals surface area contributed by atoms with Crippen molar-refractivity contribution in [2.24, 2.45) is 0 Å². The van der Waals surface area contributed by atoms with E-state index < -0.39 is 6.03 Å². The number of unbranched alkanes of at least 4 members (excludes halogenated alkanes) is 1. The van der Waals surface area contributed by atoms with Crippen molar-refractivity contribution in [3.8, 4) is 11.8 Å². The van der Waals surface area contributed by atoms with Crippen LogP contribution < -0.4 is 10.2 Å². The molecule has 1 fully saturated rings. The van der Waals surface area contributed by atoms with E-state index in [4.69, 9.17) is 0 Å². The quantitative estimate of drug-likeness (QED) is 0.523. The van der Waals surface area contributed by atoms with Gasteiger partial charge in [-0.1, -0.05) is 11.8 Å². The van der Waals surface area contributed by atoms with Crippen LogP contribution in [0.1, 0.15) is 24.8 Å². The van der Waals surface area contributed by atoms with E-state index in [0.717, 1.165) is 11.8 Å². The predicted molar refractivity (Wildman–Crippen MR) is 82.9 cm³/mol. The number of anilines is 1. The van der Waals surface area contributed by atoms with Crippen LogP contribution >= 0.6 is 0 Å². The highest BCUT2D eigenvalue weighted by Gasteiger charge is 2.26. The molecule has 3 heterocycles. The molecule has 23 heavy (non-hydrogen) atoms. The molecule has 2 aromatic heterocycles. The van der Waals surface area contributed by atoms with Gasteiger partial charge in [0.15, 0.2) is 0 Å². The van der Waals surface area contributed by atoms with Crippen LogP contribution in [0.25, 0.3) is 5.65 Å². The molecule has 0 aliphatic carbocycles. The molecule has 116 valence electrons. The summed E-state index contributed by atoms with van der Waals surface area (Å²) in [5.74, 6) is 6.23. The summed E-state index contributed by atoms with van der Waals surface area (Å²) in [4.78, 5) is 39.2. The van der Waals surface area contributed by atoms with Gasteiger partial charge in [-0.2, -0.15) is 0 Å². The number of pyridine rings is 1. The third-order valence-corrected chi connectivity index (χ3v) is 3.44. The largest absolute Gasteiger partial charge is 0.329 e. The monoisotopic (exact) mass is 310 g/mol. The second kappa shape index (κ2) is 6.32. The molecule has 0 unspecified atom stereocenters. The third-order valence-electron chi connectivity index (χ3n) is 3.44. The average molecular weight is 310 g/mol. The molecular formula is C16H14N4O3. The van der Waals surface area contributed by atoms with Gasteiger partial charge in [0.25, 0.3) is 0 Å². The Balaban J connectivity index is 1.86. The molecule has 0 spiro atoms. The van der Waals surface area contributed by atoms with Crippen LogP contribution in [0.5, 0.6) is 0 Å². The number of aldehydes is 1. The van der Waals surface area contributed by atoms with Gasteiger partial charge in [0.05, 0.1) is 6.20 Å². The van der Waals surface area contributed by atoms with Gasteiger partial charge in [-0.05, 0) is 12.1 Å². The number of rotatable bonds is 3. The van der Waals surface area contributed by atoms with Crippen LogP contribution in [0, 0.1) is 11.8 Å². The molecule has 1 N–H and O–H groups in total. The lowest BCUT2D eigenvalue weighted by Crippen LogP contribution is -2.50. The highest BCUT2D eigenvalue weighted by molar-refractivity contribution is 6.05. The van der Waals surface area contributed by atoms with Gasteiger partial charge in [0, 0.05) is 37.6 Å². The molecule has 2 aromatic rings. The first kappa shape index (κ1) is 14.8. The third kappa shape index (κ3) is 3.06. The Morgan fingerprint density at radius 2 is 2.26 bits per heavy atom. The van der Waals surface area contributed by atoms with E-state index in [0.29, 0.717) is 30.9 Å². The second-order valence-electron chi connectivity index (χ2n) is 5.02. The van der Waals surface area contributed by atoms with Crippen molar-refractivity contribution in [3.63, 3.8) is 0 Å². The average Bonchev–Trinajstić information content (AvgIpc) is 2.95. The van der Waals surface area contributed by atoms with Gasteiger partial charge in [0.2, 0.25) is 5.91 Å². The number of urea groups is 1. The van der Waals surface area contributed by atoms with Crippen LogP contribution in [0.2, 0.25) is 0 Å². The minimum atomic E-state index is -0.444. The van der Waals surface area contributed by atoms with Crippen LogP contribution in [0.15, 0.2) is 24.5 Å². The Morgan fingerprint density at radius 1 is 1.39 bits per heavy atom. The normalized spacial score (nSPS) is 14.3. The molecular weight excluding hydrogens is 296 g/mol. The lowest BCUT2D eigenvalue weighted by molar-refractivity contribution is -0.120. The minimum absolute atomic E-state index is 0.263. The Hall–Kier alpha value is -3.14. The molecule has 3 amide bonds. The fourth-order valence-corrected chi connectivity index (χ4v) is 2.32. The number of nitrogens with zero attached hydrogens (tertiary/aromatic N) is 3. The summed E-state index contributed by atoms with van der Waals surface area (Å²) in [5.41, 5.74) is 1.45. The van der Waals surface area contributed by atoms with Crippen molar-refractivity contribution in [2.45, 2.75) is 19.3 Å². The smallest absolute Gasteiger partial charge is 0.303 e. The number of imidazole rings is 1. The number of amides is 3. The summed E-state index contributed by atoms with van der Waals surface area (Å²) in [5, 5.41) is 2.29. The minimum Gasteiger partial charge on any atom is -0.303 e. The fraction of sp³-hybridized carbons (Fsp3) is 0.250. The topological polar surface area (TPSA) is 83.8 Å². The maximum atomic E-state index is 11.9. The first-order valence-corrected chi connectivity index (χ1v) is 7.20. The maximum Gasteiger partial charge on any atom is 0.329 e. The molecule has 1 aliphatic rings. The van der Waals surface area contributed by atoms with Gasteiger partial charge in [0.1, 0.15) is 17.8 Å². The summed E-state index contributed by atoms with van der Waals surface area (Å²) in [6, 6.07) is 3.18. The number of nitrogens with one attached hydrogen (secondary N) is 1. The van der Waals surface area contributed by atoms with Crippen molar-refractivity contribution in [2.75, 3.05) is 11.4 Å². The van der Waals surface area contributed by atoms with Gasteiger partial charge in [-0.25, -0.2) is 9.78 Å². The second-order valence-corrected chi connectivity index (χ2v) is 5.02. The number of imide groups is 1. The number of hydrogen-bond acceptors (Lipinski definition) is 4. The van der Waals surface area contributed by atoms with Crippen LogP contribution in [-0.4, -0.2) is 34.2 Å². The van der Waals surface area contributed by atoms with Crippen molar-refractivity contribution in [1.29, 1.82) is 0 Å². The highest BCUT2D eigenvalue weighted by atomic mass is 16.2. The number of fused-ring (bicyclic) bond motifs is 1. The van der Waals surface area contributed by atoms with Crippen LogP contribution in [0.3, 0.4) is 0 Å². The van der Waals surface area contributed by atoms with E-state index in [1.165, 1.54) is 4.90 Å². The summed E-state index contributed by atoms with van der Waals surface area (Å²) in [6.45, 7) is 0.325. The van der Waals surface area contributed by atoms with Crippen LogP contribution in [0.4, 0.5) is 10.6 Å². The summed E-state index contributed by atoms with van der Waals surface area (Å²) in [6.07, 6.45) is 5.42. The molecule has 1 saturated heterocycles. The highest BCUT2D eigenvalue weighted by Crippen LogP contribution is 2.19. The van der Waals surface area contributed by atoms with Crippen molar-refractivity contribution in [1.82, 2.24) is 14.7 Å². The molecule has 3 rings (SSSR count). The SMILES string of the molecule is O=CCCC#Cc1ccn2c(N3CCC(=O)NC3=O)cnc2c1. The van der Waals surface area contributed by atoms with Gasteiger partial charge >= 0.3 is 6.03 Å². The summed E-state index contributed by atoms with van der Waals surface area (Å²) in [7, 11) is 0. The molecule has 0 aromatic carbocycles. The van der Waals surface area contributed by atoms with E-state index in [9.17, 15) is 14.4 Å². The predicted octanol–water partition coefficient (Wildman–Crippen LogP) is 1.11. The molecule has 0 radical (unpaired) electrons. The van der Waals surface area contributed by atoms with Gasteiger partial charge in [-0.15, -0.1) is 0 Å². The zero-order chi connectivity index (χ0) is 16.2. The van der Waals surface area contributed by atoms with E-state index in [-0.39, 0.29) is 12.3 Å². The van der Waals surface area contributed by atoms with E-state index in [1.807, 2.05) is 12.1 Å². The molecule has 1 aliphatic heterocycles. The number of hydrogen-bond donors (Lipinski definition) is 1. The number of carbonyl (C=O) groups is 3. The summed E-state index contributed by atoms with van der Waals surface area (Å²) < 4.78 is 1.77. The lowest BCUT2D eigenvalue weighted by Gasteiger charge is -2.25. The Labute approximate surface area is 132 Å². The molecule has 0 bridgehead atoms. The number of carbonyl (C=O) groups excluding carboxylic acids is 3. The van der Waals surface area contributed by atoms with Gasteiger partial charge < -0.3 is 4.79 Å². The van der Waals surface area contributed by atoms with Crippen molar-refractivity contribution < 1.29 is 14.4 Å². The first-order valence-electron chi connectivity index (χ1n) is 7.20. The van der Waals surface area contributed by atoms with Crippen molar-refractivity contribution >= 4 is 29.7 Å². The Morgan fingerprint density at radius 3 is 3.04 bits per heavy atom. The molecule has 0 atom stereocenters. The Bertz CT molecular complexity index is 844. The lowest BCUT2D eigenvalue weighted by atomic mass is 10.2. The van der Waals surface area contributed by atoms with Gasteiger partial charge in [-0.3, -0.25) is 19.4 Å². The van der Waals surface area contributed by atoms with E-state index >= 15 is 0 Å². The zero-order valence-electron chi connectivity index (χ0n) is 12.3. The summed E-state index contributed by atoms with van der Waals surface area (Å²) >= 11 is 0.